The number of carbonyl (C=O) groups excluding carboxylic acids is 2. The van der Waals surface area contributed by atoms with Crippen molar-refractivity contribution in [3.05, 3.63) is 71.7 Å². The molecular weight excluding hydrogens is 394 g/mol. The number of fused-ring (bicyclic) bond motifs is 1. The van der Waals surface area contributed by atoms with Gasteiger partial charge < -0.3 is 10.6 Å². The summed E-state index contributed by atoms with van der Waals surface area (Å²) in [5.74, 6) is -2.02. The molecule has 0 spiro atoms. The first-order valence-corrected chi connectivity index (χ1v) is 10.6. The van der Waals surface area contributed by atoms with Crippen molar-refractivity contribution >= 4 is 27.5 Å². The minimum absolute atomic E-state index is 0.0948. The van der Waals surface area contributed by atoms with E-state index in [1.807, 2.05) is 6.07 Å². The molecule has 3 heterocycles. The minimum atomic E-state index is -3.32. The number of aromatic nitrogens is 3. The van der Waals surface area contributed by atoms with Gasteiger partial charge in [-0.05, 0) is 24.3 Å². The molecule has 2 N–H and O–H groups in total. The fraction of sp³-hybridized carbons (Fsp3) is 0.158. The number of carbonyl (C=O) groups is 2. The van der Waals surface area contributed by atoms with Crippen LogP contribution in [0.15, 0.2) is 54.7 Å². The molecule has 0 atom stereocenters. The highest BCUT2D eigenvalue weighted by Crippen LogP contribution is 2.32. The Morgan fingerprint density at radius 1 is 1.00 bits per heavy atom. The third-order valence-corrected chi connectivity index (χ3v) is 5.82. The van der Waals surface area contributed by atoms with Crippen LogP contribution < -0.4 is 10.6 Å². The summed E-state index contributed by atoms with van der Waals surface area (Å²) in [6.07, 6.45) is 1.59. The molecule has 1 aliphatic heterocycles. The van der Waals surface area contributed by atoms with Crippen molar-refractivity contribution in [3.63, 3.8) is 0 Å². The van der Waals surface area contributed by atoms with Crippen molar-refractivity contribution in [2.45, 2.75) is 18.1 Å². The van der Waals surface area contributed by atoms with E-state index in [2.05, 4.69) is 20.7 Å². The standard InChI is InChI=1S/C19H17N5O4S/c25-18(21-10-13-6-4-5-9-20-13)19(26)22-17-15-11-29(27,28)12-16(15)23-24(17)14-7-2-1-3-8-14/h1-9H,10-12H2,(H,21,25)(H,22,26). The Bertz CT molecular complexity index is 1170. The zero-order valence-corrected chi connectivity index (χ0v) is 16.0. The number of para-hydroxylation sites is 1. The van der Waals surface area contributed by atoms with Crippen molar-refractivity contribution in [3.8, 4) is 5.69 Å². The predicted molar refractivity (Wildman–Crippen MR) is 105 cm³/mol. The summed E-state index contributed by atoms with van der Waals surface area (Å²) in [5.41, 5.74) is 2.02. The lowest BCUT2D eigenvalue weighted by atomic mass is 10.2. The molecule has 0 fully saturated rings. The van der Waals surface area contributed by atoms with Crippen LogP contribution in [0, 0.1) is 0 Å². The molecule has 0 bridgehead atoms. The van der Waals surface area contributed by atoms with Gasteiger partial charge in [0.05, 0.1) is 35.1 Å². The molecule has 4 rings (SSSR count). The molecule has 0 saturated carbocycles. The van der Waals surface area contributed by atoms with Crippen LogP contribution in [0.4, 0.5) is 5.82 Å². The van der Waals surface area contributed by atoms with Crippen molar-refractivity contribution in [2.24, 2.45) is 0 Å². The van der Waals surface area contributed by atoms with Crippen molar-refractivity contribution in [1.82, 2.24) is 20.1 Å². The lowest BCUT2D eigenvalue weighted by Gasteiger charge is -2.11. The third-order valence-electron chi connectivity index (χ3n) is 4.38. The molecule has 1 aliphatic rings. The van der Waals surface area contributed by atoms with Gasteiger partial charge in [-0.15, -0.1) is 0 Å². The van der Waals surface area contributed by atoms with Crippen LogP contribution in [0.2, 0.25) is 0 Å². The van der Waals surface area contributed by atoms with Crippen LogP contribution in [0.1, 0.15) is 17.0 Å². The second kappa shape index (κ2) is 7.47. The maximum atomic E-state index is 12.4. The number of nitrogens with zero attached hydrogens (tertiary/aromatic N) is 3. The number of hydrogen-bond donors (Lipinski definition) is 2. The maximum absolute atomic E-state index is 12.4. The van der Waals surface area contributed by atoms with Gasteiger partial charge in [0.25, 0.3) is 0 Å². The van der Waals surface area contributed by atoms with E-state index >= 15 is 0 Å². The number of hydrogen-bond acceptors (Lipinski definition) is 6. The molecule has 0 saturated heterocycles. The molecule has 29 heavy (non-hydrogen) atoms. The zero-order valence-electron chi connectivity index (χ0n) is 15.2. The Labute approximate surface area is 166 Å². The van der Waals surface area contributed by atoms with E-state index in [4.69, 9.17) is 0 Å². The zero-order chi connectivity index (χ0) is 20.4. The predicted octanol–water partition coefficient (Wildman–Crippen LogP) is 0.951. The summed E-state index contributed by atoms with van der Waals surface area (Å²) in [6, 6.07) is 14.2. The highest BCUT2D eigenvalue weighted by Gasteiger charge is 2.33. The average molecular weight is 411 g/mol. The SMILES string of the molecule is O=C(NCc1ccccn1)C(=O)Nc1c2c(nn1-c1ccccc1)CS(=O)(=O)C2. The van der Waals surface area contributed by atoms with Crippen LogP contribution in [-0.2, 0) is 37.5 Å². The Balaban J connectivity index is 1.57. The molecule has 2 amide bonds. The van der Waals surface area contributed by atoms with Crippen LogP contribution in [0.3, 0.4) is 0 Å². The second-order valence-corrected chi connectivity index (χ2v) is 8.58. The summed E-state index contributed by atoms with van der Waals surface area (Å²) >= 11 is 0. The fourth-order valence-electron chi connectivity index (χ4n) is 3.05. The summed E-state index contributed by atoms with van der Waals surface area (Å²) in [5, 5.41) is 9.36. The van der Waals surface area contributed by atoms with Gasteiger partial charge in [-0.25, -0.2) is 13.1 Å². The maximum Gasteiger partial charge on any atom is 0.314 e. The number of sulfone groups is 1. The van der Waals surface area contributed by atoms with E-state index in [0.29, 0.717) is 22.6 Å². The van der Waals surface area contributed by atoms with E-state index in [9.17, 15) is 18.0 Å². The van der Waals surface area contributed by atoms with Gasteiger partial charge in [0, 0.05) is 11.8 Å². The lowest BCUT2D eigenvalue weighted by Crippen LogP contribution is -2.35. The fourth-order valence-corrected chi connectivity index (χ4v) is 4.54. The first kappa shape index (κ1) is 18.8. The number of anilines is 1. The minimum Gasteiger partial charge on any atom is -0.342 e. The second-order valence-electron chi connectivity index (χ2n) is 6.51. The van der Waals surface area contributed by atoms with Gasteiger partial charge in [-0.2, -0.15) is 5.10 Å². The summed E-state index contributed by atoms with van der Waals surface area (Å²) < 4.78 is 25.4. The van der Waals surface area contributed by atoms with Crippen LogP contribution in [-0.4, -0.2) is 35.0 Å². The van der Waals surface area contributed by atoms with Gasteiger partial charge in [0.2, 0.25) is 0 Å². The van der Waals surface area contributed by atoms with E-state index in [1.165, 1.54) is 4.68 Å². The smallest absolute Gasteiger partial charge is 0.314 e. The highest BCUT2D eigenvalue weighted by molar-refractivity contribution is 7.90. The van der Waals surface area contributed by atoms with E-state index in [0.717, 1.165) is 0 Å². The highest BCUT2D eigenvalue weighted by atomic mass is 32.2. The van der Waals surface area contributed by atoms with Crippen molar-refractivity contribution in [2.75, 3.05) is 5.32 Å². The van der Waals surface area contributed by atoms with Gasteiger partial charge in [-0.3, -0.25) is 14.6 Å². The molecule has 2 aromatic heterocycles. The lowest BCUT2D eigenvalue weighted by molar-refractivity contribution is -0.136. The van der Waals surface area contributed by atoms with Crippen molar-refractivity contribution < 1.29 is 18.0 Å². The number of amides is 2. The average Bonchev–Trinajstić information content (AvgIpc) is 3.20. The largest absolute Gasteiger partial charge is 0.342 e. The van der Waals surface area contributed by atoms with Gasteiger partial charge in [0.1, 0.15) is 5.82 Å². The molecule has 10 heteroatoms. The molecule has 9 nitrogen and oxygen atoms in total. The molecule has 148 valence electrons. The Morgan fingerprint density at radius 3 is 2.48 bits per heavy atom. The summed E-state index contributed by atoms with van der Waals surface area (Å²) in [6.45, 7) is 0.0948. The normalized spacial score (nSPS) is 14.2. The number of rotatable bonds is 4. The Hall–Kier alpha value is -3.53. The van der Waals surface area contributed by atoms with Crippen LogP contribution >= 0.6 is 0 Å². The van der Waals surface area contributed by atoms with Gasteiger partial charge >= 0.3 is 11.8 Å². The van der Waals surface area contributed by atoms with Crippen LogP contribution in [0.5, 0.6) is 0 Å². The number of nitrogens with one attached hydrogen (secondary N) is 2. The topological polar surface area (TPSA) is 123 Å². The Kier molecular flexibility index (Phi) is 4.85. The van der Waals surface area contributed by atoms with Gasteiger partial charge in [0.15, 0.2) is 9.84 Å². The monoisotopic (exact) mass is 411 g/mol. The van der Waals surface area contributed by atoms with E-state index in [1.54, 1.807) is 48.7 Å². The molecule has 1 aromatic carbocycles. The van der Waals surface area contributed by atoms with Crippen LogP contribution in [0.25, 0.3) is 5.69 Å². The van der Waals surface area contributed by atoms with E-state index in [-0.39, 0.29) is 23.9 Å². The first-order valence-electron chi connectivity index (χ1n) is 8.79. The molecule has 0 unspecified atom stereocenters. The molecular formula is C19H17N5O4S. The van der Waals surface area contributed by atoms with Crippen molar-refractivity contribution in [1.29, 1.82) is 0 Å². The number of benzene rings is 1. The molecule has 0 radical (unpaired) electrons. The molecule has 3 aromatic rings. The Morgan fingerprint density at radius 2 is 1.76 bits per heavy atom. The summed E-state index contributed by atoms with van der Waals surface area (Å²) in [7, 11) is -3.32. The number of pyridine rings is 1. The van der Waals surface area contributed by atoms with Gasteiger partial charge in [-0.1, -0.05) is 24.3 Å². The summed E-state index contributed by atoms with van der Waals surface area (Å²) in [4.78, 5) is 28.7. The third kappa shape index (κ3) is 4.02. The molecule has 0 aliphatic carbocycles. The van der Waals surface area contributed by atoms with E-state index < -0.39 is 21.7 Å². The first-order chi connectivity index (χ1) is 13.9. The quantitative estimate of drug-likeness (QED) is 0.616.